The van der Waals surface area contributed by atoms with Crippen LogP contribution in [0.2, 0.25) is 5.02 Å². The molecule has 0 saturated heterocycles. The molecule has 0 radical (unpaired) electrons. The number of amides is 4. The van der Waals surface area contributed by atoms with Gasteiger partial charge in [0.2, 0.25) is 5.95 Å². The molecule has 27 heteroatoms. The van der Waals surface area contributed by atoms with Gasteiger partial charge in [0.05, 0.1) is 42.7 Å². The van der Waals surface area contributed by atoms with Gasteiger partial charge in [-0.15, -0.1) is 0 Å². The van der Waals surface area contributed by atoms with Gasteiger partial charge in [0.25, 0.3) is 23.6 Å². The largest absolute Gasteiger partial charge is 0.497 e. The standard InChI is InChI=1S/C25H29N3O3.C23H25ClN4O2.2C23H25FN4O2/c1-28-22(29)25(27-23(28)26)21-14-17(16-5-4-6-20(13-16)31-3)7-8-18(21)15-24(25)11-9-19(30-2)10-12-24;2*1-28-20(29)23(27-21(28)25)19-10-14(16-9-17(24)13-26-12-16)3-4-15(19)11-22(23)7-5-18(30-2)6-8-22;1-28-20(29)23(27-21(28)25)18-12-14(17-4-3-11-26-19(17)24)5-6-15(18)13-22(23)9-7-16(30-2)8-10-22/h4-8,13-14,19H,9-12,15H2,1-3H3,(H2,26,27);2*3-4,9-10,12-13,18H,5-8,11H2,1-2H3,(H2,25,27);3-6,11-12,16H,7-10,13H2,1-2H3,(H2,25,27). The molecule has 121 heavy (non-hydrogen) atoms. The molecule has 8 spiro atoms. The summed E-state index contributed by atoms with van der Waals surface area (Å²) in [7, 11) is 15.5. The molecule has 3 aromatic heterocycles. The summed E-state index contributed by atoms with van der Waals surface area (Å²) in [5.41, 5.74) is 34.4. The van der Waals surface area contributed by atoms with Crippen LogP contribution in [-0.2, 0) is 86.0 Å². The quantitative estimate of drug-likeness (QED) is 0.0976. The lowest BCUT2D eigenvalue weighted by molar-refractivity contribution is -0.138. The Hall–Kier alpha value is -10.9. The fourth-order valence-corrected chi connectivity index (χ4v) is 23.1. The summed E-state index contributed by atoms with van der Waals surface area (Å²) in [6.07, 6.45) is 25.8. The predicted octanol–water partition coefficient (Wildman–Crippen LogP) is 13.0. The molecule has 7 heterocycles. The van der Waals surface area contributed by atoms with Crippen molar-refractivity contribution in [2.24, 2.45) is 64.6 Å². The van der Waals surface area contributed by atoms with Gasteiger partial charge in [-0.05, 0) is 261 Å². The summed E-state index contributed by atoms with van der Waals surface area (Å²) in [6.45, 7) is 0. The Morgan fingerprint density at radius 1 is 0.380 bits per heavy atom. The maximum atomic E-state index is 14.4. The summed E-state index contributed by atoms with van der Waals surface area (Å²) in [4.78, 5) is 92.2. The van der Waals surface area contributed by atoms with Crippen molar-refractivity contribution in [3.8, 4) is 50.3 Å². The topological polar surface area (TPSA) is 320 Å². The van der Waals surface area contributed by atoms with Crippen molar-refractivity contribution in [1.82, 2.24) is 34.6 Å². The average molecular weight is 1660 g/mol. The third-order valence-corrected chi connectivity index (χ3v) is 29.8. The molecule has 8 aromatic rings. The molecule has 5 aromatic carbocycles. The van der Waals surface area contributed by atoms with Crippen LogP contribution in [0.5, 0.6) is 5.75 Å². The van der Waals surface area contributed by atoms with E-state index in [9.17, 15) is 28.0 Å². The van der Waals surface area contributed by atoms with Crippen LogP contribution in [-0.4, -0.2) is 170 Å². The van der Waals surface area contributed by atoms with E-state index in [0.29, 0.717) is 27.7 Å². The highest BCUT2D eigenvalue weighted by atomic mass is 35.5. The van der Waals surface area contributed by atoms with E-state index < -0.39 is 33.9 Å². The Bertz CT molecular complexity index is 5450. The molecule has 4 unspecified atom stereocenters. The van der Waals surface area contributed by atoms with Gasteiger partial charge < -0.3 is 46.6 Å². The SMILES string of the molecule is COC1CCC2(CC1)Cc1ccc(-c3cccnc3F)cc1C21N=C(N)N(C)C1=O.COC1CCC2(CC1)Cc1ccc(-c3cncc(Cl)c3)cc1C21N=C(N)N(C)C1=O.COC1CCC2(CC1)Cc1ccc(-c3cncc(F)c3)cc1C21N=C(N)N(C)C1=O.COc1cccc(-c2ccc3c(c2)C2(N=C(N)N(C)C2=O)C2(CCC(OC)CC2)C3)c1. The summed E-state index contributed by atoms with van der Waals surface area (Å²) < 4.78 is 55.9. The number of halogens is 3. The first-order valence-electron chi connectivity index (χ1n) is 41.8. The molecular formula is C94H104ClF2N15O9. The fourth-order valence-electron chi connectivity index (χ4n) is 23.0. The van der Waals surface area contributed by atoms with Gasteiger partial charge >= 0.3 is 0 Å². The Morgan fingerprint density at radius 2 is 0.702 bits per heavy atom. The zero-order chi connectivity index (χ0) is 85.1. The van der Waals surface area contributed by atoms with Crippen molar-refractivity contribution in [1.29, 1.82) is 0 Å². The highest BCUT2D eigenvalue weighted by Crippen LogP contribution is 2.67. The van der Waals surface area contributed by atoms with Gasteiger partial charge in [-0.25, -0.2) is 29.3 Å². The number of likely N-dealkylation sites (N-methyl/N-ethyl adjacent to an activating group) is 4. The number of hydrogen-bond acceptors (Lipinski definition) is 20. The average Bonchev–Trinajstić information content (AvgIpc) is 1.54. The monoisotopic (exact) mass is 1660 g/mol. The minimum Gasteiger partial charge on any atom is -0.497 e. The van der Waals surface area contributed by atoms with E-state index in [0.717, 1.165) is 195 Å². The minimum absolute atomic E-state index is 0.0117. The Balaban J connectivity index is 0.000000115. The van der Waals surface area contributed by atoms with E-state index in [1.54, 1.807) is 94.5 Å². The van der Waals surface area contributed by atoms with Gasteiger partial charge in [-0.3, -0.25) is 48.7 Å². The van der Waals surface area contributed by atoms with Crippen LogP contribution in [0.4, 0.5) is 8.78 Å². The van der Waals surface area contributed by atoms with Crippen molar-refractivity contribution in [2.75, 3.05) is 63.7 Å². The summed E-state index contributed by atoms with van der Waals surface area (Å²) in [6, 6.07) is 39.3. The maximum Gasteiger partial charge on any atom is 0.262 e. The van der Waals surface area contributed by atoms with Crippen LogP contribution in [0, 0.1) is 33.4 Å². The zero-order valence-electron chi connectivity index (χ0n) is 69.9. The molecule has 12 aliphatic rings. The Morgan fingerprint density at radius 3 is 1.02 bits per heavy atom. The molecule has 8 N–H and O–H groups in total. The molecule has 630 valence electrons. The van der Waals surface area contributed by atoms with Crippen molar-refractivity contribution >= 4 is 59.1 Å². The maximum absolute atomic E-state index is 14.4. The second-order valence-electron chi connectivity index (χ2n) is 35.1. The lowest BCUT2D eigenvalue weighted by atomic mass is 9.61. The highest BCUT2D eigenvalue weighted by molar-refractivity contribution is 6.30. The molecule has 4 amide bonds. The molecule has 4 fully saturated rings. The van der Waals surface area contributed by atoms with Crippen LogP contribution in [0.15, 0.2) is 172 Å². The van der Waals surface area contributed by atoms with E-state index in [-0.39, 0.29) is 87.6 Å². The molecular weight excluding hydrogens is 1560 g/mol. The smallest absolute Gasteiger partial charge is 0.262 e. The molecule has 4 aliphatic heterocycles. The van der Waals surface area contributed by atoms with Gasteiger partial charge in [0, 0.05) is 120 Å². The number of carbonyl (C=O) groups is 4. The third kappa shape index (κ3) is 12.8. The number of pyridine rings is 3. The number of aromatic nitrogens is 3. The van der Waals surface area contributed by atoms with Gasteiger partial charge in [0.15, 0.2) is 46.0 Å². The molecule has 8 aliphatic carbocycles. The van der Waals surface area contributed by atoms with Crippen LogP contribution in [0.25, 0.3) is 44.5 Å². The fraction of sp³-hybridized carbons (Fsp3) is 0.436. The Kier molecular flexibility index (Phi) is 21.3. The second-order valence-corrected chi connectivity index (χ2v) is 35.5. The van der Waals surface area contributed by atoms with Crippen molar-refractivity contribution in [2.45, 2.75) is 175 Å². The lowest BCUT2D eigenvalue weighted by Gasteiger charge is -2.45. The third-order valence-electron chi connectivity index (χ3n) is 29.6. The summed E-state index contributed by atoms with van der Waals surface area (Å²) in [5.74, 6) is 0.738. The number of hydrogen-bond donors (Lipinski definition) is 4. The minimum atomic E-state index is -1.06. The van der Waals surface area contributed by atoms with Crippen LogP contribution >= 0.6 is 11.6 Å². The second kappa shape index (κ2) is 31.2. The first-order chi connectivity index (χ1) is 58.1. The number of fused-ring (bicyclic) bond motifs is 12. The van der Waals surface area contributed by atoms with E-state index in [1.165, 1.54) is 49.2 Å². The van der Waals surface area contributed by atoms with Crippen molar-refractivity contribution < 1.29 is 51.6 Å². The van der Waals surface area contributed by atoms with Gasteiger partial charge in [-0.1, -0.05) is 72.3 Å². The highest BCUT2D eigenvalue weighted by Gasteiger charge is 2.71. The normalized spacial score (nSPS) is 30.0. The van der Waals surface area contributed by atoms with Crippen molar-refractivity contribution in [3.63, 3.8) is 0 Å². The number of methoxy groups -OCH3 is 5. The number of nitrogens with two attached hydrogens (primary N) is 4. The number of benzene rings is 5. The molecule has 24 nitrogen and oxygen atoms in total. The Labute approximate surface area is 708 Å². The van der Waals surface area contributed by atoms with E-state index in [2.05, 4.69) is 57.4 Å². The van der Waals surface area contributed by atoms with E-state index >= 15 is 0 Å². The number of ether oxygens (including phenoxy) is 5. The van der Waals surface area contributed by atoms with Crippen LogP contribution < -0.4 is 27.7 Å². The summed E-state index contributed by atoms with van der Waals surface area (Å²) in [5, 5.41) is 0.580. The van der Waals surface area contributed by atoms with E-state index in [1.807, 2.05) is 60.7 Å². The van der Waals surface area contributed by atoms with Gasteiger partial charge in [-0.2, -0.15) is 4.39 Å². The van der Waals surface area contributed by atoms with Crippen LogP contribution in [0.3, 0.4) is 0 Å². The molecule has 0 bridgehead atoms. The van der Waals surface area contributed by atoms with Crippen molar-refractivity contribution in [3.05, 3.63) is 214 Å². The predicted molar refractivity (Wildman–Crippen MR) is 458 cm³/mol. The number of aliphatic imine (C=N–C) groups is 4. The van der Waals surface area contributed by atoms with Crippen LogP contribution in [0.1, 0.15) is 147 Å². The molecule has 4 atom stereocenters. The zero-order valence-corrected chi connectivity index (χ0v) is 70.7. The number of guanidine groups is 4. The van der Waals surface area contributed by atoms with Gasteiger partial charge in [0.1, 0.15) is 11.6 Å². The molecule has 20 rings (SSSR count). The lowest BCUT2D eigenvalue weighted by Crippen LogP contribution is -2.51. The summed E-state index contributed by atoms with van der Waals surface area (Å²) >= 11 is 6.16. The van der Waals surface area contributed by atoms with E-state index in [4.69, 9.17) is 78.2 Å². The molecule has 4 saturated carbocycles. The number of nitrogens with zero attached hydrogens (tertiary/aromatic N) is 11. The number of carbonyl (C=O) groups excluding carboxylic acids is 4. The first-order valence-corrected chi connectivity index (χ1v) is 42.2. The first kappa shape index (κ1) is 82.4. The number of rotatable bonds is 9.